The molecule has 2 fully saturated rings. The van der Waals surface area contributed by atoms with E-state index in [0.717, 1.165) is 37.1 Å². The van der Waals surface area contributed by atoms with Gasteiger partial charge >= 0.3 is 0 Å². The van der Waals surface area contributed by atoms with Crippen molar-refractivity contribution >= 4 is 51.7 Å². The Hall–Kier alpha value is -2.97. The Morgan fingerprint density at radius 3 is 2.53 bits per heavy atom. The number of benzene rings is 1. The Bertz CT molecular complexity index is 1410. The second-order valence-corrected chi connectivity index (χ2v) is 11.6. The number of nitrogens with zero attached hydrogens (tertiary/aromatic N) is 4. The van der Waals surface area contributed by atoms with E-state index < -0.39 is 0 Å². The number of piperidine rings is 1. The molecule has 1 aromatic carbocycles. The summed E-state index contributed by atoms with van der Waals surface area (Å²) in [7, 11) is 0. The van der Waals surface area contributed by atoms with Gasteiger partial charge in [-0.2, -0.15) is 0 Å². The van der Waals surface area contributed by atoms with Crippen LogP contribution in [0.2, 0.25) is 0 Å². The molecule has 2 atom stereocenters. The van der Waals surface area contributed by atoms with Crippen molar-refractivity contribution < 1.29 is 4.79 Å². The van der Waals surface area contributed by atoms with E-state index in [1.165, 1.54) is 11.8 Å². The maximum atomic E-state index is 13.8. The Labute approximate surface area is 221 Å². The zero-order valence-corrected chi connectivity index (χ0v) is 22.4. The molecular formula is C28H30N4O2S2. The van der Waals surface area contributed by atoms with Crippen LogP contribution in [0.15, 0.2) is 58.4 Å². The molecule has 2 saturated heterocycles. The molecule has 0 radical (unpaired) electrons. The number of hydrogen-bond donors (Lipinski definition) is 0. The lowest BCUT2D eigenvalue weighted by Crippen LogP contribution is -2.40. The van der Waals surface area contributed by atoms with Gasteiger partial charge in [0.1, 0.15) is 15.8 Å². The molecule has 3 aromatic rings. The van der Waals surface area contributed by atoms with Gasteiger partial charge in [-0.25, -0.2) is 4.98 Å². The molecule has 0 saturated carbocycles. The molecule has 5 rings (SSSR count). The van der Waals surface area contributed by atoms with E-state index in [0.29, 0.717) is 44.6 Å². The summed E-state index contributed by atoms with van der Waals surface area (Å²) in [5.74, 6) is 1.49. The summed E-state index contributed by atoms with van der Waals surface area (Å²) in [6, 6.07) is 13.9. The number of anilines is 1. The van der Waals surface area contributed by atoms with E-state index >= 15 is 0 Å². The van der Waals surface area contributed by atoms with Gasteiger partial charge in [0.25, 0.3) is 11.5 Å². The van der Waals surface area contributed by atoms with Gasteiger partial charge in [0.15, 0.2) is 0 Å². The zero-order valence-electron chi connectivity index (χ0n) is 20.8. The van der Waals surface area contributed by atoms with Crippen molar-refractivity contribution in [1.29, 1.82) is 0 Å². The number of thioether (sulfide) groups is 1. The highest BCUT2D eigenvalue weighted by atomic mass is 32.2. The predicted octanol–water partition coefficient (Wildman–Crippen LogP) is 4.93. The Morgan fingerprint density at radius 2 is 1.81 bits per heavy atom. The molecule has 0 N–H and O–H groups in total. The second-order valence-electron chi connectivity index (χ2n) is 9.96. The van der Waals surface area contributed by atoms with Gasteiger partial charge in [0, 0.05) is 25.8 Å². The van der Waals surface area contributed by atoms with Crippen LogP contribution in [0.25, 0.3) is 11.7 Å². The van der Waals surface area contributed by atoms with Crippen LogP contribution in [0.5, 0.6) is 0 Å². The molecule has 6 nitrogen and oxygen atoms in total. The first-order valence-corrected chi connectivity index (χ1v) is 13.6. The van der Waals surface area contributed by atoms with Gasteiger partial charge < -0.3 is 4.90 Å². The van der Waals surface area contributed by atoms with Crippen LogP contribution in [-0.4, -0.2) is 44.1 Å². The van der Waals surface area contributed by atoms with E-state index in [9.17, 15) is 9.59 Å². The van der Waals surface area contributed by atoms with Crippen molar-refractivity contribution in [2.24, 2.45) is 11.8 Å². The van der Waals surface area contributed by atoms with Gasteiger partial charge in [0.2, 0.25) is 0 Å². The summed E-state index contributed by atoms with van der Waals surface area (Å²) >= 11 is 6.82. The molecular weight excluding hydrogens is 488 g/mol. The van der Waals surface area contributed by atoms with Crippen LogP contribution in [-0.2, 0) is 11.2 Å². The van der Waals surface area contributed by atoms with Gasteiger partial charge in [0.05, 0.1) is 10.5 Å². The molecule has 1 amide bonds. The highest BCUT2D eigenvalue weighted by molar-refractivity contribution is 8.26. The summed E-state index contributed by atoms with van der Waals surface area (Å²) in [5.41, 5.74) is 3.02. The third-order valence-electron chi connectivity index (χ3n) is 6.85. The number of hydrogen-bond acceptors (Lipinski definition) is 6. The van der Waals surface area contributed by atoms with Crippen LogP contribution in [0.3, 0.4) is 0 Å². The molecule has 0 aliphatic carbocycles. The summed E-state index contributed by atoms with van der Waals surface area (Å²) in [6.07, 6.45) is 5.32. The maximum absolute atomic E-state index is 13.8. The second kappa shape index (κ2) is 10.2. The molecule has 186 valence electrons. The van der Waals surface area contributed by atoms with Gasteiger partial charge in [-0.05, 0) is 54.9 Å². The number of amides is 1. The van der Waals surface area contributed by atoms with Crippen molar-refractivity contribution in [3.63, 3.8) is 0 Å². The number of thiocarbonyl (C=S) groups is 1. The molecule has 2 aliphatic heterocycles. The van der Waals surface area contributed by atoms with Crippen LogP contribution in [0.4, 0.5) is 5.82 Å². The van der Waals surface area contributed by atoms with Crippen LogP contribution >= 0.6 is 24.0 Å². The first-order chi connectivity index (χ1) is 17.3. The fourth-order valence-electron chi connectivity index (χ4n) is 5.21. The van der Waals surface area contributed by atoms with Crippen LogP contribution in [0, 0.1) is 18.8 Å². The molecule has 2 aromatic heterocycles. The van der Waals surface area contributed by atoms with E-state index in [4.69, 9.17) is 17.2 Å². The number of aryl methyl sites for hydroxylation is 1. The summed E-state index contributed by atoms with van der Waals surface area (Å²) in [4.78, 5) is 36.4. The Kier molecular flexibility index (Phi) is 6.99. The van der Waals surface area contributed by atoms with Crippen molar-refractivity contribution in [3.05, 3.63) is 80.6 Å². The molecule has 2 aliphatic rings. The largest absolute Gasteiger partial charge is 0.355 e. The summed E-state index contributed by atoms with van der Waals surface area (Å²) < 4.78 is 2.10. The average Bonchev–Trinajstić information content (AvgIpc) is 3.11. The van der Waals surface area contributed by atoms with Crippen molar-refractivity contribution in [2.45, 2.75) is 33.6 Å². The van der Waals surface area contributed by atoms with Gasteiger partial charge in [-0.1, -0.05) is 74.2 Å². The topological polar surface area (TPSA) is 57.9 Å². The van der Waals surface area contributed by atoms with Crippen LogP contribution in [0.1, 0.15) is 37.0 Å². The first kappa shape index (κ1) is 24.7. The van der Waals surface area contributed by atoms with Crippen molar-refractivity contribution in [3.8, 4) is 0 Å². The fraction of sp³-hybridized carbons (Fsp3) is 0.357. The van der Waals surface area contributed by atoms with Gasteiger partial charge in [-0.3, -0.25) is 18.9 Å². The van der Waals surface area contributed by atoms with Crippen LogP contribution < -0.4 is 10.5 Å². The summed E-state index contributed by atoms with van der Waals surface area (Å²) in [6.45, 7) is 8.60. The lowest BCUT2D eigenvalue weighted by atomic mass is 9.91. The van der Waals surface area contributed by atoms with Crippen molar-refractivity contribution in [2.75, 3.05) is 24.5 Å². The van der Waals surface area contributed by atoms with E-state index in [1.54, 1.807) is 21.6 Å². The number of pyridine rings is 1. The number of rotatable bonds is 5. The maximum Gasteiger partial charge on any atom is 0.267 e. The smallest absolute Gasteiger partial charge is 0.267 e. The average molecular weight is 519 g/mol. The predicted molar refractivity (Wildman–Crippen MR) is 151 cm³/mol. The minimum atomic E-state index is -0.167. The quantitative estimate of drug-likeness (QED) is 0.353. The molecule has 4 heterocycles. The Morgan fingerprint density at radius 1 is 1.08 bits per heavy atom. The lowest BCUT2D eigenvalue weighted by molar-refractivity contribution is -0.122. The fourth-order valence-corrected chi connectivity index (χ4v) is 6.50. The number of fused-ring (bicyclic) bond motifs is 1. The minimum Gasteiger partial charge on any atom is -0.355 e. The number of carbonyl (C=O) groups excluding carboxylic acids is 1. The molecule has 0 bridgehead atoms. The standard InChI is InChI=1S/C28H30N4O2S2/c1-18-14-19(2)17-30(16-18)25-22(26(33)31-12-7-8-20(3)24(31)29-25)15-23-27(34)32(28(35)36-23)13-11-21-9-5-4-6-10-21/h4-10,12,15,18-19H,11,13-14,16-17H2,1-3H3/b23-15+/t18-,19+. The Balaban J connectivity index is 1.54. The zero-order chi connectivity index (χ0) is 25.4. The van der Waals surface area contributed by atoms with E-state index in [2.05, 4.69) is 18.7 Å². The third kappa shape index (κ3) is 4.84. The highest BCUT2D eigenvalue weighted by Crippen LogP contribution is 2.34. The SMILES string of the molecule is Cc1cccn2c(=O)c(/C=C3/SC(=S)N(CCc4ccccc4)C3=O)c(N3C[C@H](C)C[C@H](C)C3)nc12. The molecule has 36 heavy (non-hydrogen) atoms. The lowest BCUT2D eigenvalue weighted by Gasteiger charge is -2.36. The first-order valence-electron chi connectivity index (χ1n) is 12.4. The normalized spacial score (nSPS) is 21.7. The minimum absolute atomic E-state index is 0.152. The van der Waals surface area contributed by atoms with E-state index in [-0.39, 0.29) is 11.5 Å². The monoisotopic (exact) mass is 518 g/mol. The van der Waals surface area contributed by atoms with Crippen molar-refractivity contribution in [1.82, 2.24) is 14.3 Å². The van der Waals surface area contributed by atoms with Gasteiger partial charge in [-0.15, -0.1) is 0 Å². The molecule has 0 spiro atoms. The van der Waals surface area contributed by atoms with E-state index in [1.807, 2.05) is 49.4 Å². The molecule has 8 heteroatoms. The number of carbonyl (C=O) groups is 1. The summed E-state index contributed by atoms with van der Waals surface area (Å²) in [5, 5.41) is 0. The highest BCUT2D eigenvalue weighted by Gasteiger charge is 2.33. The third-order valence-corrected chi connectivity index (χ3v) is 8.23. The molecule has 0 unspecified atom stereocenters. The number of aromatic nitrogens is 2.